The average Bonchev–Trinajstić information content (AvgIpc) is 2.88. The van der Waals surface area contributed by atoms with Crippen molar-refractivity contribution in [2.24, 2.45) is 5.92 Å². The van der Waals surface area contributed by atoms with Gasteiger partial charge in [-0.15, -0.1) is 11.3 Å². The van der Waals surface area contributed by atoms with Crippen LogP contribution in [0.1, 0.15) is 17.7 Å². The fourth-order valence-corrected chi connectivity index (χ4v) is 4.74. The third-order valence-electron chi connectivity index (χ3n) is 3.39. The van der Waals surface area contributed by atoms with E-state index >= 15 is 0 Å². The zero-order valence-electron chi connectivity index (χ0n) is 10.9. The van der Waals surface area contributed by atoms with Gasteiger partial charge in [0.1, 0.15) is 0 Å². The lowest BCUT2D eigenvalue weighted by Crippen LogP contribution is -2.34. The van der Waals surface area contributed by atoms with Crippen LogP contribution >= 0.6 is 11.3 Å². The molecule has 7 heteroatoms. The van der Waals surface area contributed by atoms with Crippen molar-refractivity contribution < 1.29 is 18.3 Å². The molecule has 1 aliphatic rings. The highest BCUT2D eigenvalue weighted by atomic mass is 32.2. The van der Waals surface area contributed by atoms with E-state index in [9.17, 15) is 13.5 Å². The van der Waals surface area contributed by atoms with Gasteiger partial charge < -0.3 is 9.84 Å². The molecule has 0 saturated carbocycles. The molecule has 2 heterocycles. The minimum absolute atomic E-state index is 0.231. The predicted molar refractivity (Wildman–Crippen MR) is 73.6 cm³/mol. The molecule has 108 valence electrons. The summed E-state index contributed by atoms with van der Waals surface area (Å²) < 4.78 is 31.5. The SMILES string of the molecule is CN(CC1CCOCC1)S(=O)(=O)c1ccsc1CO. The van der Waals surface area contributed by atoms with Gasteiger partial charge >= 0.3 is 0 Å². The molecule has 1 N–H and O–H groups in total. The van der Waals surface area contributed by atoms with Crippen molar-refractivity contribution >= 4 is 21.4 Å². The number of hydrogen-bond acceptors (Lipinski definition) is 5. The van der Waals surface area contributed by atoms with E-state index in [0.29, 0.717) is 30.6 Å². The van der Waals surface area contributed by atoms with E-state index in [-0.39, 0.29) is 11.5 Å². The lowest BCUT2D eigenvalue weighted by Gasteiger charge is -2.26. The Hall–Kier alpha value is -0.470. The molecule has 0 aromatic carbocycles. The second-order valence-corrected chi connectivity index (χ2v) is 7.72. The Balaban J connectivity index is 2.10. The van der Waals surface area contributed by atoms with Gasteiger partial charge in [0, 0.05) is 31.7 Å². The number of aliphatic hydroxyl groups is 1. The number of hydrogen-bond donors (Lipinski definition) is 1. The highest BCUT2D eigenvalue weighted by molar-refractivity contribution is 7.89. The summed E-state index contributed by atoms with van der Waals surface area (Å²) in [5.41, 5.74) is 0. The van der Waals surface area contributed by atoms with Crippen molar-refractivity contribution in [3.05, 3.63) is 16.3 Å². The van der Waals surface area contributed by atoms with Crippen molar-refractivity contribution in [3.63, 3.8) is 0 Å². The summed E-state index contributed by atoms with van der Waals surface area (Å²) in [7, 11) is -1.89. The first-order chi connectivity index (χ1) is 9.05. The largest absolute Gasteiger partial charge is 0.391 e. The number of ether oxygens (including phenoxy) is 1. The van der Waals surface area contributed by atoms with Crippen LogP contribution in [-0.2, 0) is 21.4 Å². The Kier molecular flexibility index (Phi) is 4.97. The van der Waals surface area contributed by atoms with E-state index in [1.165, 1.54) is 15.6 Å². The first kappa shape index (κ1) is 14.9. The maximum atomic E-state index is 12.4. The minimum atomic E-state index is -3.49. The summed E-state index contributed by atoms with van der Waals surface area (Å²) in [5, 5.41) is 10.9. The third kappa shape index (κ3) is 3.35. The molecular weight excluding hydrogens is 286 g/mol. The van der Waals surface area contributed by atoms with E-state index in [1.54, 1.807) is 18.5 Å². The van der Waals surface area contributed by atoms with Gasteiger partial charge in [0.2, 0.25) is 10.0 Å². The second kappa shape index (κ2) is 6.32. The third-order valence-corrected chi connectivity index (χ3v) is 6.34. The van der Waals surface area contributed by atoms with Crippen molar-refractivity contribution in [2.45, 2.75) is 24.3 Å². The smallest absolute Gasteiger partial charge is 0.244 e. The maximum Gasteiger partial charge on any atom is 0.244 e. The molecule has 0 spiro atoms. The summed E-state index contributed by atoms with van der Waals surface area (Å²) >= 11 is 1.26. The molecule has 0 amide bonds. The van der Waals surface area contributed by atoms with Crippen molar-refractivity contribution in [1.82, 2.24) is 4.31 Å². The fraction of sp³-hybridized carbons (Fsp3) is 0.667. The van der Waals surface area contributed by atoms with Gasteiger partial charge in [-0.1, -0.05) is 0 Å². The van der Waals surface area contributed by atoms with Crippen LogP contribution in [0.3, 0.4) is 0 Å². The molecule has 0 aliphatic carbocycles. The molecule has 1 aliphatic heterocycles. The Bertz CT molecular complexity index is 506. The zero-order chi connectivity index (χ0) is 13.9. The topological polar surface area (TPSA) is 66.8 Å². The van der Waals surface area contributed by atoms with Crippen LogP contribution in [0.5, 0.6) is 0 Å². The minimum Gasteiger partial charge on any atom is -0.391 e. The molecule has 0 unspecified atom stereocenters. The van der Waals surface area contributed by atoms with Gasteiger partial charge in [-0.05, 0) is 30.2 Å². The Morgan fingerprint density at radius 1 is 1.47 bits per heavy atom. The second-order valence-electron chi connectivity index (χ2n) is 4.71. The monoisotopic (exact) mass is 305 g/mol. The van der Waals surface area contributed by atoms with Crippen LogP contribution in [0.25, 0.3) is 0 Å². The van der Waals surface area contributed by atoms with E-state index < -0.39 is 10.0 Å². The van der Waals surface area contributed by atoms with E-state index in [2.05, 4.69) is 0 Å². The van der Waals surface area contributed by atoms with Gasteiger partial charge in [-0.2, -0.15) is 0 Å². The number of rotatable bonds is 5. The first-order valence-corrected chi connectivity index (χ1v) is 8.59. The molecule has 5 nitrogen and oxygen atoms in total. The van der Waals surface area contributed by atoms with Crippen molar-refractivity contribution in [1.29, 1.82) is 0 Å². The zero-order valence-corrected chi connectivity index (χ0v) is 12.5. The number of sulfonamides is 1. The van der Waals surface area contributed by atoms with Crippen LogP contribution in [0, 0.1) is 5.92 Å². The van der Waals surface area contributed by atoms with Crippen molar-refractivity contribution in [3.8, 4) is 0 Å². The molecule has 1 saturated heterocycles. The van der Waals surface area contributed by atoms with Gasteiger partial charge in [0.05, 0.1) is 11.5 Å². The standard InChI is InChI=1S/C12H19NO4S2/c1-13(8-10-2-5-17-6-3-10)19(15,16)12-4-7-18-11(12)9-14/h4,7,10,14H,2-3,5-6,8-9H2,1H3. The predicted octanol–water partition coefficient (Wildman–Crippen LogP) is 1.29. The normalized spacial score (nSPS) is 18.1. The van der Waals surface area contributed by atoms with Crippen LogP contribution in [-0.4, -0.2) is 44.6 Å². The van der Waals surface area contributed by atoms with Crippen molar-refractivity contribution in [2.75, 3.05) is 26.8 Å². The van der Waals surface area contributed by atoms with Crippen LogP contribution in [0.2, 0.25) is 0 Å². The van der Waals surface area contributed by atoms with Crippen LogP contribution in [0.4, 0.5) is 0 Å². The molecule has 2 rings (SSSR count). The van der Waals surface area contributed by atoms with Crippen LogP contribution < -0.4 is 0 Å². The Morgan fingerprint density at radius 3 is 2.79 bits per heavy atom. The first-order valence-electron chi connectivity index (χ1n) is 6.27. The highest BCUT2D eigenvalue weighted by Gasteiger charge is 2.27. The summed E-state index contributed by atoms with van der Waals surface area (Å²) in [6, 6.07) is 1.56. The Morgan fingerprint density at radius 2 is 2.16 bits per heavy atom. The Labute approximate surface area is 117 Å². The lowest BCUT2D eigenvalue weighted by atomic mass is 10.0. The summed E-state index contributed by atoms with van der Waals surface area (Å²) in [5.74, 6) is 0.352. The van der Waals surface area contributed by atoms with Gasteiger partial charge in [0.25, 0.3) is 0 Å². The number of nitrogens with zero attached hydrogens (tertiary/aromatic N) is 1. The number of thiophene rings is 1. The van der Waals surface area contributed by atoms with E-state index in [0.717, 1.165) is 12.8 Å². The molecule has 1 aromatic heterocycles. The van der Waals surface area contributed by atoms with Crippen LogP contribution in [0.15, 0.2) is 16.3 Å². The fourth-order valence-electron chi connectivity index (χ4n) is 2.23. The van der Waals surface area contributed by atoms with E-state index in [1.807, 2.05) is 0 Å². The quantitative estimate of drug-likeness (QED) is 0.890. The van der Waals surface area contributed by atoms with Gasteiger partial charge in [-0.25, -0.2) is 12.7 Å². The average molecular weight is 305 g/mol. The molecule has 1 aromatic rings. The summed E-state index contributed by atoms with van der Waals surface area (Å²) in [4.78, 5) is 0.730. The molecular formula is C12H19NO4S2. The maximum absolute atomic E-state index is 12.4. The highest BCUT2D eigenvalue weighted by Crippen LogP contribution is 2.26. The summed E-state index contributed by atoms with van der Waals surface area (Å²) in [6.07, 6.45) is 1.80. The molecule has 0 radical (unpaired) electrons. The lowest BCUT2D eigenvalue weighted by molar-refractivity contribution is 0.0620. The molecule has 19 heavy (non-hydrogen) atoms. The number of aliphatic hydroxyl groups excluding tert-OH is 1. The molecule has 0 atom stereocenters. The summed E-state index contributed by atoms with van der Waals surface area (Å²) in [6.45, 7) is 1.68. The van der Waals surface area contributed by atoms with Gasteiger partial charge in [-0.3, -0.25) is 0 Å². The van der Waals surface area contributed by atoms with Gasteiger partial charge in [0.15, 0.2) is 0 Å². The molecule has 1 fully saturated rings. The molecule has 0 bridgehead atoms. The van der Waals surface area contributed by atoms with E-state index in [4.69, 9.17) is 4.74 Å².